The quantitative estimate of drug-likeness (QED) is 0.612. The molecule has 1 heterocycles. The molecule has 0 aliphatic heterocycles. The van der Waals surface area contributed by atoms with Gasteiger partial charge in [0.1, 0.15) is 5.54 Å². The number of hydrogen-bond acceptors (Lipinski definition) is 6. The summed E-state index contributed by atoms with van der Waals surface area (Å²) in [4.78, 5) is 25.5. The van der Waals surface area contributed by atoms with Gasteiger partial charge in [-0.25, -0.2) is 4.79 Å². The predicted molar refractivity (Wildman–Crippen MR) is 65.3 cm³/mol. The summed E-state index contributed by atoms with van der Waals surface area (Å²) in [5.74, 6) is -0.919. The van der Waals surface area contributed by atoms with Crippen molar-refractivity contribution in [2.24, 2.45) is 0 Å². The Kier molecular flexibility index (Phi) is 3.24. The Bertz CT molecular complexity index is 527. The van der Waals surface area contributed by atoms with E-state index in [1.807, 2.05) is 0 Å². The van der Waals surface area contributed by atoms with Crippen LogP contribution in [0.2, 0.25) is 0 Å². The van der Waals surface area contributed by atoms with Crippen LogP contribution in [0, 0.1) is 10.1 Å². The van der Waals surface area contributed by atoms with Crippen LogP contribution < -0.4 is 10.1 Å². The molecule has 0 aromatic carbocycles. The van der Waals surface area contributed by atoms with Gasteiger partial charge < -0.3 is 15.2 Å². The van der Waals surface area contributed by atoms with Gasteiger partial charge in [-0.1, -0.05) is 0 Å². The molecule has 0 amide bonds. The summed E-state index contributed by atoms with van der Waals surface area (Å²) in [6.45, 7) is 0. The number of nitrogens with one attached hydrogen (secondary N) is 1. The largest absolute Gasteiger partial charge is 0.481 e. The van der Waals surface area contributed by atoms with Crippen LogP contribution in [0.5, 0.6) is 5.88 Å². The van der Waals surface area contributed by atoms with Gasteiger partial charge in [-0.2, -0.15) is 4.98 Å². The number of aromatic nitrogens is 1. The minimum absolute atomic E-state index is 0.0774. The number of ether oxygens (including phenoxy) is 1. The van der Waals surface area contributed by atoms with Gasteiger partial charge in [-0.15, -0.1) is 0 Å². The molecular formula is C11H13N3O5. The second-order valence-corrected chi connectivity index (χ2v) is 4.34. The average molecular weight is 267 g/mol. The summed E-state index contributed by atoms with van der Waals surface area (Å²) in [6.07, 6.45) is 1.59. The minimum Gasteiger partial charge on any atom is -0.481 e. The molecule has 0 unspecified atom stereocenters. The zero-order valence-corrected chi connectivity index (χ0v) is 10.3. The molecule has 1 aromatic rings. The topological polar surface area (TPSA) is 115 Å². The van der Waals surface area contributed by atoms with Gasteiger partial charge in [0, 0.05) is 12.1 Å². The van der Waals surface area contributed by atoms with Crippen LogP contribution in [0.1, 0.15) is 19.3 Å². The number of carbonyl (C=O) groups is 1. The van der Waals surface area contributed by atoms with Crippen LogP contribution in [-0.4, -0.2) is 33.6 Å². The third kappa shape index (κ3) is 2.28. The lowest BCUT2D eigenvalue weighted by atomic mass is 9.77. The highest BCUT2D eigenvalue weighted by Crippen LogP contribution is 2.37. The zero-order chi connectivity index (χ0) is 14.0. The molecule has 0 atom stereocenters. The maximum atomic E-state index is 11.3. The van der Waals surface area contributed by atoms with E-state index in [2.05, 4.69) is 10.3 Å². The van der Waals surface area contributed by atoms with E-state index in [1.165, 1.54) is 19.2 Å². The van der Waals surface area contributed by atoms with E-state index in [9.17, 15) is 20.0 Å². The van der Waals surface area contributed by atoms with Gasteiger partial charge in [-0.3, -0.25) is 10.1 Å². The fourth-order valence-electron chi connectivity index (χ4n) is 1.94. The smallest absolute Gasteiger partial charge is 0.329 e. The molecule has 1 aliphatic rings. The van der Waals surface area contributed by atoms with Crippen LogP contribution in [0.3, 0.4) is 0 Å². The maximum absolute atomic E-state index is 11.3. The van der Waals surface area contributed by atoms with Crippen molar-refractivity contribution in [3.05, 3.63) is 22.2 Å². The molecule has 0 bridgehead atoms. The number of hydrogen-bond donors (Lipinski definition) is 2. The molecule has 0 spiro atoms. The van der Waals surface area contributed by atoms with Crippen molar-refractivity contribution >= 4 is 17.5 Å². The lowest BCUT2D eigenvalue weighted by molar-refractivity contribution is -0.384. The maximum Gasteiger partial charge on any atom is 0.329 e. The third-order valence-corrected chi connectivity index (χ3v) is 3.23. The molecule has 8 nitrogen and oxygen atoms in total. The molecule has 1 fully saturated rings. The number of nitrogens with zero attached hydrogens (tertiary/aromatic N) is 2. The molecule has 1 aliphatic carbocycles. The minimum atomic E-state index is -1.16. The molecule has 1 saturated carbocycles. The highest BCUT2D eigenvalue weighted by atomic mass is 16.6. The Labute approximate surface area is 108 Å². The molecule has 8 heteroatoms. The highest BCUT2D eigenvalue weighted by molar-refractivity contribution is 5.84. The number of aliphatic carboxylic acids is 1. The Balaban J connectivity index is 2.37. The number of methoxy groups -OCH3 is 1. The van der Waals surface area contributed by atoms with Crippen molar-refractivity contribution in [1.29, 1.82) is 0 Å². The van der Waals surface area contributed by atoms with Crippen molar-refractivity contribution in [2.75, 3.05) is 12.4 Å². The van der Waals surface area contributed by atoms with Crippen molar-refractivity contribution in [1.82, 2.24) is 4.98 Å². The molecule has 2 rings (SSSR count). The van der Waals surface area contributed by atoms with E-state index in [1.54, 1.807) is 0 Å². The van der Waals surface area contributed by atoms with Crippen LogP contribution in [0.15, 0.2) is 12.1 Å². The number of carboxylic acids is 1. The molecule has 1 aromatic heterocycles. The number of nitro groups is 1. The van der Waals surface area contributed by atoms with E-state index >= 15 is 0 Å². The summed E-state index contributed by atoms with van der Waals surface area (Å²) >= 11 is 0. The van der Waals surface area contributed by atoms with Gasteiger partial charge in [0.25, 0.3) is 0 Å². The summed E-state index contributed by atoms with van der Waals surface area (Å²) < 4.78 is 4.90. The summed E-state index contributed by atoms with van der Waals surface area (Å²) in [5.41, 5.74) is -1.43. The van der Waals surface area contributed by atoms with Crippen LogP contribution in [0.25, 0.3) is 0 Å². The lowest BCUT2D eigenvalue weighted by Crippen LogP contribution is -2.52. The first-order valence-electron chi connectivity index (χ1n) is 5.69. The fraction of sp³-hybridized carbons (Fsp3) is 0.455. The molecule has 2 N–H and O–H groups in total. The lowest BCUT2D eigenvalue weighted by Gasteiger charge is -2.38. The van der Waals surface area contributed by atoms with Crippen LogP contribution >= 0.6 is 0 Å². The number of carboxylic acid groups (broad SMARTS) is 1. The fourth-order valence-corrected chi connectivity index (χ4v) is 1.94. The summed E-state index contributed by atoms with van der Waals surface area (Å²) in [5, 5.41) is 22.8. The van der Waals surface area contributed by atoms with E-state index in [-0.39, 0.29) is 17.4 Å². The third-order valence-electron chi connectivity index (χ3n) is 3.23. The van der Waals surface area contributed by atoms with Crippen molar-refractivity contribution in [2.45, 2.75) is 24.8 Å². The Morgan fingerprint density at radius 2 is 2.26 bits per heavy atom. The predicted octanol–water partition coefficient (Wildman–Crippen LogP) is 1.42. The van der Waals surface area contributed by atoms with Crippen molar-refractivity contribution < 1.29 is 19.6 Å². The monoisotopic (exact) mass is 267 g/mol. The van der Waals surface area contributed by atoms with Crippen molar-refractivity contribution in [3.8, 4) is 5.88 Å². The Morgan fingerprint density at radius 1 is 1.58 bits per heavy atom. The van der Waals surface area contributed by atoms with Crippen molar-refractivity contribution in [3.63, 3.8) is 0 Å². The van der Waals surface area contributed by atoms with Gasteiger partial charge in [0.2, 0.25) is 11.7 Å². The first kappa shape index (κ1) is 13.1. The Morgan fingerprint density at radius 3 is 2.68 bits per heavy atom. The molecule has 102 valence electrons. The summed E-state index contributed by atoms with van der Waals surface area (Å²) in [6, 6.07) is 2.60. The van der Waals surface area contributed by atoms with E-state index < -0.39 is 16.4 Å². The van der Waals surface area contributed by atoms with Gasteiger partial charge in [0.15, 0.2) is 0 Å². The molecular weight excluding hydrogens is 254 g/mol. The number of anilines is 1. The summed E-state index contributed by atoms with van der Waals surface area (Å²) in [7, 11) is 1.38. The van der Waals surface area contributed by atoms with Crippen LogP contribution in [-0.2, 0) is 4.79 Å². The SMILES string of the molecule is COc1ccc([N+](=O)[O-])c(NC2(C(=O)O)CCC2)n1. The van der Waals surface area contributed by atoms with Crippen LogP contribution in [0.4, 0.5) is 11.5 Å². The number of rotatable bonds is 5. The van der Waals surface area contributed by atoms with Gasteiger partial charge in [0.05, 0.1) is 12.0 Å². The molecule has 0 saturated heterocycles. The van der Waals surface area contributed by atoms with E-state index in [0.29, 0.717) is 12.8 Å². The normalized spacial score (nSPS) is 16.3. The molecule has 19 heavy (non-hydrogen) atoms. The first-order chi connectivity index (χ1) is 8.98. The number of pyridine rings is 1. The van der Waals surface area contributed by atoms with E-state index in [0.717, 1.165) is 6.42 Å². The molecule has 0 radical (unpaired) electrons. The second-order valence-electron chi connectivity index (χ2n) is 4.34. The van der Waals surface area contributed by atoms with Gasteiger partial charge in [-0.05, 0) is 19.3 Å². The van der Waals surface area contributed by atoms with E-state index in [4.69, 9.17) is 4.74 Å². The standard InChI is InChI=1S/C11H13N3O5/c1-19-8-4-3-7(14(17)18)9(12-8)13-11(10(15)16)5-2-6-11/h3-4H,2,5-6H2,1H3,(H,12,13)(H,15,16). The first-order valence-corrected chi connectivity index (χ1v) is 5.69. The average Bonchev–Trinajstić information content (AvgIpc) is 2.32. The highest BCUT2D eigenvalue weighted by Gasteiger charge is 2.45. The second kappa shape index (κ2) is 4.71. The Hall–Kier alpha value is -2.38. The van der Waals surface area contributed by atoms with Gasteiger partial charge >= 0.3 is 11.7 Å². The zero-order valence-electron chi connectivity index (χ0n) is 10.3.